The molecule has 4 atom stereocenters. The van der Waals surface area contributed by atoms with Crippen LogP contribution < -0.4 is 14.4 Å². The number of esters is 2. The molecule has 2 fully saturated rings. The van der Waals surface area contributed by atoms with Crippen molar-refractivity contribution < 1.29 is 28.7 Å². The smallest absolute Gasteiger partial charge is 0.347 e. The van der Waals surface area contributed by atoms with Gasteiger partial charge in [0.15, 0.2) is 0 Å². The van der Waals surface area contributed by atoms with E-state index < -0.39 is 11.9 Å². The number of amides is 2. The van der Waals surface area contributed by atoms with Crippen LogP contribution in [0.3, 0.4) is 0 Å². The monoisotopic (exact) mass is 479 g/mol. The lowest BCUT2D eigenvalue weighted by Gasteiger charge is -2.18. The molecule has 7 nitrogen and oxygen atoms in total. The van der Waals surface area contributed by atoms with Crippen LogP contribution in [0.15, 0.2) is 91.0 Å². The standard InChI is InChI=1S/C29H21NO6/c31-26-24-17-13-14-18(15-17)25(24)27(32)30(26)20-8-6-7-19(16-20)28(33)36-23-12-5-4-11-22(23)29(34)35-21-9-2-1-3-10-21/h1-14,16-18,24-25H,15H2/t17-,18-,24+,25+/m0/s1. The summed E-state index contributed by atoms with van der Waals surface area (Å²) in [5, 5.41) is 0. The van der Waals surface area contributed by atoms with Gasteiger partial charge in [-0.05, 0) is 60.7 Å². The van der Waals surface area contributed by atoms with Gasteiger partial charge in [0.05, 0.1) is 23.1 Å². The summed E-state index contributed by atoms with van der Waals surface area (Å²) >= 11 is 0. The number of imide groups is 1. The summed E-state index contributed by atoms with van der Waals surface area (Å²) in [6.45, 7) is 0. The lowest BCUT2D eigenvalue weighted by Crippen LogP contribution is -2.33. The van der Waals surface area contributed by atoms with Crippen molar-refractivity contribution in [1.29, 1.82) is 0 Å². The van der Waals surface area contributed by atoms with E-state index in [0.29, 0.717) is 11.4 Å². The van der Waals surface area contributed by atoms with Crippen molar-refractivity contribution in [1.82, 2.24) is 0 Å². The molecule has 2 amide bonds. The van der Waals surface area contributed by atoms with E-state index in [2.05, 4.69) is 0 Å². The molecule has 3 aromatic carbocycles. The highest BCUT2D eigenvalue weighted by atomic mass is 16.5. The fourth-order valence-corrected chi connectivity index (χ4v) is 5.46. The fourth-order valence-electron chi connectivity index (χ4n) is 5.46. The van der Waals surface area contributed by atoms with Crippen LogP contribution in [0.4, 0.5) is 5.69 Å². The molecule has 36 heavy (non-hydrogen) atoms. The van der Waals surface area contributed by atoms with E-state index in [1.165, 1.54) is 29.2 Å². The van der Waals surface area contributed by atoms with Crippen molar-refractivity contribution in [2.45, 2.75) is 6.42 Å². The van der Waals surface area contributed by atoms with E-state index in [9.17, 15) is 19.2 Å². The highest BCUT2D eigenvalue weighted by Gasteiger charge is 2.59. The van der Waals surface area contributed by atoms with Gasteiger partial charge in [0.25, 0.3) is 0 Å². The van der Waals surface area contributed by atoms with Gasteiger partial charge in [0.2, 0.25) is 11.8 Å². The number of benzene rings is 3. The third-order valence-electron chi connectivity index (χ3n) is 7.07. The van der Waals surface area contributed by atoms with E-state index in [-0.39, 0.29) is 52.4 Å². The lowest BCUT2D eigenvalue weighted by molar-refractivity contribution is -0.123. The van der Waals surface area contributed by atoms with Crippen LogP contribution in [0, 0.1) is 23.7 Å². The second kappa shape index (κ2) is 8.61. The molecule has 6 rings (SSSR count). The van der Waals surface area contributed by atoms with Crippen LogP contribution in [-0.2, 0) is 9.59 Å². The number of allylic oxidation sites excluding steroid dienone is 2. The summed E-state index contributed by atoms with van der Waals surface area (Å²) in [4.78, 5) is 53.2. The van der Waals surface area contributed by atoms with Gasteiger partial charge in [-0.2, -0.15) is 0 Å². The predicted octanol–water partition coefficient (Wildman–Crippen LogP) is 4.44. The molecule has 7 heteroatoms. The Morgan fingerprint density at radius 2 is 1.39 bits per heavy atom. The van der Waals surface area contributed by atoms with Gasteiger partial charge in [0, 0.05) is 0 Å². The Bertz CT molecular complexity index is 1400. The van der Waals surface area contributed by atoms with Crippen LogP contribution in [0.5, 0.6) is 11.5 Å². The summed E-state index contributed by atoms with van der Waals surface area (Å²) in [5.74, 6) is -1.88. The Kier molecular flexibility index (Phi) is 5.25. The number of carbonyl (C=O) groups excluding carboxylic acids is 4. The molecule has 0 radical (unpaired) electrons. The molecule has 0 aromatic heterocycles. The average Bonchev–Trinajstić information content (AvgIpc) is 3.58. The van der Waals surface area contributed by atoms with Gasteiger partial charge >= 0.3 is 11.9 Å². The van der Waals surface area contributed by atoms with Gasteiger partial charge in [-0.3, -0.25) is 9.59 Å². The summed E-state index contributed by atoms with van der Waals surface area (Å²) in [5.41, 5.74) is 0.578. The zero-order chi connectivity index (χ0) is 24.8. The number of ether oxygens (including phenoxy) is 2. The minimum atomic E-state index is -0.724. The summed E-state index contributed by atoms with van der Waals surface area (Å²) in [7, 11) is 0. The van der Waals surface area contributed by atoms with E-state index in [0.717, 1.165) is 6.42 Å². The van der Waals surface area contributed by atoms with Gasteiger partial charge in [-0.25, -0.2) is 14.5 Å². The van der Waals surface area contributed by atoms with Crippen LogP contribution >= 0.6 is 0 Å². The molecule has 0 spiro atoms. The topological polar surface area (TPSA) is 90.0 Å². The molecular formula is C29H21NO6. The average molecular weight is 479 g/mol. The van der Waals surface area contributed by atoms with Crippen molar-refractivity contribution in [3.8, 4) is 11.5 Å². The van der Waals surface area contributed by atoms with Gasteiger partial charge in [0.1, 0.15) is 17.1 Å². The highest BCUT2D eigenvalue weighted by Crippen LogP contribution is 2.53. The first-order valence-corrected chi connectivity index (χ1v) is 11.8. The molecule has 1 heterocycles. The minimum Gasteiger partial charge on any atom is -0.423 e. The number of hydrogen-bond donors (Lipinski definition) is 0. The maximum absolute atomic E-state index is 13.1. The van der Waals surface area contributed by atoms with Crippen LogP contribution in [-0.4, -0.2) is 23.8 Å². The normalized spacial score (nSPS) is 23.6. The molecule has 0 unspecified atom stereocenters. The highest BCUT2D eigenvalue weighted by molar-refractivity contribution is 6.23. The van der Waals surface area contributed by atoms with E-state index in [1.54, 1.807) is 54.6 Å². The molecule has 1 aliphatic heterocycles. The first kappa shape index (κ1) is 22.0. The zero-order valence-corrected chi connectivity index (χ0v) is 19.1. The van der Waals surface area contributed by atoms with Crippen molar-refractivity contribution in [3.63, 3.8) is 0 Å². The molecule has 2 aliphatic carbocycles. The molecular weight excluding hydrogens is 458 g/mol. The predicted molar refractivity (Wildman–Crippen MR) is 129 cm³/mol. The summed E-state index contributed by atoms with van der Waals surface area (Å²) < 4.78 is 10.9. The maximum atomic E-state index is 13.1. The molecule has 1 saturated carbocycles. The number of carbonyl (C=O) groups is 4. The lowest BCUT2D eigenvalue weighted by atomic mass is 9.85. The summed E-state index contributed by atoms with van der Waals surface area (Å²) in [6.07, 6.45) is 4.92. The molecule has 0 N–H and O–H groups in total. The number of rotatable bonds is 5. The largest absolute Gasteiger partial charge is 0.423 e. The Balaban J connectivity index is 1.22. The van der Waals surface area contributed by atoms with Gasteiger partial charge in [-0.1, -0.05) is 48.6 Å². The number of fused-ring (bicyclic) bond motifs is 5. The Hall–Kier alpha value is -4.52. The maximum Gasteiger partial charge on any atom is 0.347 e. The third kappa shape index (κ3) is 3.60. The van der Waals surface area contributed by atoms with Gasteiger partial charge < -0.3 is 9.47 Å². The molecule has 2 bridgehead atoms. The number of nitrogens with zero attached hydrogens (tertiary/aromatic N) is 1. The van der Waals surface area contributed by atoms with Crippen LogP contribution in [0.25, 0.3) is 0 Å². The van der Waals surface area contributed by atoms with E-state index in [4.69, 9.17) is 9.47 Å². The Morgan fingerprint density at radius 3 is 2.11 bits per heavy atom. The SMILES string of the molecule is O=C(Oc1ccccc1C(=O)Oc1ccccc1)c1cccc(N2C(=O)[C@H]3[C@H](C2=O)[C@H]2C=C[C@H]3C2)c1. The minimum absolute atomic E-state index is 0.0411. The molecule has 1 saturated heterocycles. The zero-order valence-electron chi connectivity index (χ0n) is 19.1. The third-order valence-corrected chi connectivity index (χ3v) is 7.07. The fraction of sp³-hybridized carbons (Fsp3) is 0.172. The molecule has 3 aromatic rings. The van der Waals surface area contributed by atoms with E-state index >= 15 is 0 Å². The summed E-state index contributed by atoms with van der Waals surface area (Å²) in [6, 6.07) is 21.1. The Labute approximate surface area is 206 Å². The van der Waals surface area contributed by atoms with Crippen molar-refractivity contribution in [3.05, 3.63) is 102 Å². The molecule has 178 valence electrons. The quantitative estimate of drug-likeness (QED) is 0.233. The number of anilines is 1. The second-order valence-corrected chi connectivity index (χ2v) is 9.15. The Morgan fingerprint density at radius 1 is 0.722 bits per heavy atom. The van der Waals surface area contributed by atoms with Gasteiger partial charge in [-0.15, -0.1) is 0 Å². The first-order valence-electron chi connectivity index (χ1n) is 11.8. The number of hydrogen-bond acceptors (Lipinski definition) is 6. The van der Waals surface area contributed by atoms with Crippen LogP contribution in [0.2, 0.25) is 0 Å². The first-order chi connectivity index (χ1) is 17.5. The second-order valence-electron chi connectivity index (χ2n) is 9.15. The van der Waals surface area contributed by atoms with Crippen molar-refractivity contribution in [2.75, 3.05) is 4.90 Å². The number of para-hydroxylation sites is 2. The molecule has 3 aliphatic rings. The van der Waals surface area contributed by atoms with Crippen molar-refractivity contribution in [2.24, 2.45) is 23.7 Å². The van der Waals surface area contributed by atoms with Crippen molar-refractivity contribution >= 4 is 29.4 Å². The van der Waals surface area contributed by atoms with E-state index in [1.807, 2.05) is 12.2 Å². The van der Waals surface area contributed by atoms with Crippen LogP contribution in [0.1, 0.15) is 27.1 Å².